The Balaban J connectivity index is 2.83. The summed E-state index contributed by atoms with van der Waals surface area (Å²) in [7, 11) is 1.28. The average molecular weight is 333 g/mol. The number of aliphatic hydroxyl groups is 2. The number of nitrogens with one attached hydrogen (secondary N) is 1. The van der Waals surface area contributed by atoms with E-state index < -0.39 is 11.9 Å². The third-order valence-electron chi connectivity index (χ3n) is 3.07. The third kappa shape index (κ3) is 5.39. The number of benzene rings is 1. The number of esters is 1. The number of anilines is 1. The highest BCUT2D eigenvalue weighted by Gasteiger charge is 2.17. The summed E-state index contributed by atoms with van der Waals surface area (Å²) in [5.74, 6) is -1.06. The number of amides is 1. The molecule has 8 heteroatoms. The minimum atomic E-state index is -0.598. The van der Waals surface area contributed by atoms with Crippen molar-refractivity contribution < 1.29 is 24.5 Å². The molecule has 0 atom stereocenters. The van der Waals surface area contributed by atoms with Crippen LogP contribution in [0.4, 0.5) is 5.69 Å². The van der Waals surface area contributed by atoms with Crippen LogP contribution in [0.5, 0.6) is 0 Å². The van der Waals surface area contributed by atoms with Crippen LogP contribution in [0.2, 0.25) is 0 Å². The molecule has 0 bridgehead atoms. The highest BCUT2D eigenvalue weighted by Crippen LogP contribution is 2.11. The van der Waals surface area contributed by atoms with E-state index in [0.717, 1.165) is 0 Å². The molecule has 1 amide bonds. The normalized spacial score (nSPS) is 10.7. The topological polar surface area (TPSA) is 123 Å². The Labute approximate surface area is 139 Å². The molecule has 1 rings (SSSR count). The molecule has 0 heterocycles. The first-order valence-electron chi connectivity index (χ1n) is 7.13. The highest BCUT2D eigenvalue weighted by molar-refractivity contribution is 5.97. The summed E-state index contributed by atoms with van der Waals surface area (Å²) in [5.41, 5.74) is 0.772. The van der Waals surface area contributed by atoms with E-state index in [0.29, 0.717) is 11.3 Å². The molecule has 0 saturated carbocycles. The summed E-state index contributed by atoms with van der Waals surface area (Å²) in [6.45, 7) is -0.502. The van der Waals surface area contributed by atoms with E-state index in [1.165, 1.54) is 18.2 Å². The Morgan fingerprint density at radius 2 is 1.83 bits per heavy atom. The lowest BCUT2D eigenvalue weighted by atomic mass is 10.2. The molecular formula is C16H19N3O5. The Morgan fingerprint density at radius 1 is 1.25 bits per heavy atom. The van der Waals surface area contributed by atoms with Crippen molar-refractivity contribution >= 4 is 17.6 Å². The molecule has 0 unspecified atom stereocenters. The molecule has 0 aliphatic carbocycles. The van der Waals surface area contributed by atoms with Crippen LogP contribution in [0.1, 0.15) is 10.4 Å². The second-order valence-corrected chi connectivity index (χ2v) is 4.62. The van der Waals surface area contributed by atoms with Gasteiger partial charge >= 0.3 is 5.97 Å². The van der Waals surface area contributed by atoms with E-state index in [4.69, 9.17) is 15.5 Å². The van der Waals surface area contributed by atoms with Gasteiger partial charge in [-0.05, 0) is 24.3 Å². The lowest BCUT2D eigenvalue weighted by Gasteiger charge is -2.20. The maximum absolute atomic E-state index is 12.2. The minimum Gasteiger partial charge on any atom is -0.465 e. The number of carbonyl (C=O) groups is 2. The minimum absolute atomic E-state index is 0.0201. The lowest BCUT2D eigenvalue weighted by molar-refractivity contribution is -0.127. The van der Waals surface area contributed by atoms with E-state index in [2.05, 4.69) is 10.1 Å². The van der Waals surface area contributed by atoms with Gasteiger partial charge in [-0.25, -0.2) is 4.79 Å². The van der Waals surface area contributed by atoms with Gasteiger partial charge in [-0.3, -0.25) is 4.79 Å². The SMILES string of the molecule is COC(=O)c1ccc(N/C=C(/C#N)C(=O)N(CCO)CCO)cc1. The molecule has 0 aromatic heterocycles. The summed E-state index contributed by atoms with van der Waals surface area (Å²) in [6.07, 6.45) is 1.23. The van der Waals surface area contributed by atoms with E-state index >= 15 is 0 Å². The quantitative estimate of drug-likeness (QED) is 0.350. The number of hydrogen-bond donors (Lipinski definition) is 3. The molecule has 1 aromatic rings. The Hall–Kier alpha value is -2.89. The Bertz CT molecular complexity index is 628. The van der Waals surface area contributed by atoms with Crippen LogP contribution in [-0.4, -0.2) is 60.4 Å². The lowest BCUT2D eigenvalue weighted by Crippen LogP contribution is -2.36. The summed E-state index contributed by atoms with van der Waals surface area (Å²) >= 11 is 0. The number of aliphatic hydroxyl groups excluding tert-OH is 2. The van der Waals surface area contributed by atoms with Crippen LogP contribution in [-0.2, 0) is 9.53 Å². The summed E-state index contributed by atoms with van der Waals surface area (Å²) in [5, 5.41) is 29.8. The fourth-order valence-electron chi connectivity index (χ4n) is 1.84. The van der Waals surface area contributed by atoms with Gasteiger partial charge in [0.1, 0.15) is 11.6 Å². The van der Waals surface area contributed by atoms with Crippen LogP contribution >= 0.6 is 0 Å². The monoisotopic (exact) mass is 333 g/mol. The van der Waals surface area contributed by atoms with E-state index in [-0.39, 0.29) is 31.9 Å². The van der Waals surface area contributed by atoms with Crippen molar-refractivity contribution in [1.82, 2.24) is 4.90 Å². The fraction of sp³-hybridized carbons (Fsp3) is 0.312. The third-order valence-corrected chi connectivity index (χ3v) is 3.07. The Morgan fingerprint density at radius 3 is 2.29 bits per heavy atom. The molecule has 3 N–H and O–H groups in total. The maximum Gasteiger partial charge on any atom is 0.337 e. The van der Waals surface area contributed by atoms with Gasteiger partial charge in [0, 0.05) is 25.0 Å². The van der Waals surface area contributed by atoms with Gasteiger partial charge in [-0.15, -0.1) is 0 Å². The fourth-order valence-corrected chi connectivity index (χ4v) is 1.84. The van der Waals surface area contributed by atoms with Crippen LogP contribution in [0.3, 0.4) is 0 Å². The first-order valence-corrected chi connectivity index (χ1v) is 7.13. The predicted octanol–water partition coefficient (Wildman–Crippen LogP) is 0.106. The van der Waals surface area contributed by atoms with E-state index in [9.17, 15) is 9.59 Å². The van der Waals surface area contributed by atoms with Crippen LogP contribution in [0, 0.1) is 11.3 Å². The molecule has 24 heavy (non-hydrogen) atoms. The molecule has 0 saturated heterocycles. The van der Waals surface area contributed by atoms with Crippen molar-refractivity contribution in [3.8, 4) is 6.07 Å². The zero-order valence-electron chi connectivity index (χ0n) is 13.2. The van der Waals surface area contributed by atoms with E-state index in [1.54, 1.807) is 30.3 Å². The van der Waals surface area contributed by atoms with Crippen molar-refractivity contribution in [2.75, 3.05) is 38.7 Å². The van der Waals surface area contributed by atoms with Crippen LogP contribution in [0.15, 0.2) is 36.0 Å². The van der Waals surface area contributed by atoms with Gasteiger partial charge in [-0.1, -0.05) is 0 Å². The molecule has 0 aliphatic heterocycles. The summed E-state index contributed by atoms with van der Waals surface area (Å²) in [6, 6.07) is 8.06. The first-order chi connectivity index (χ1) is 11.6. The molecular weight excluding hydrogens is 314 g/mol. The maximum atomic E-state index is 12.2. The van der Waals surface area contributed by atoms with Gasteiger partial charge in [0.2, 0.25) is 0 Å². The molecule has 128 valence electrons. The van der Waals surface area contributed by atoms with Gasteiger partial charge in [0.15, 0.2) is 0 Å². The Kier molecular flexibility index (Phi) is 7.98. The van der Waals surface area contributed by atoms with Crippen molar-refractivity contribution in [2.24, 2.45) is 0 Å². The zero-order chi connectivity index (χ0) is 17.9. The molecule has 0 spiro atoms. The summed E-state index contributed by atoms with van der Waals surface area (Å²) in [4.78, 5) is 24.7. The highest BCUT2D eigenvalue weighted by atomic mass is 16.5. The molecule has 0 fully saturated rings. The standard InChI is InChI=1S/C16H19N3O5/c1-24-16(23)12-2-4-14(5-3-12)18-11-13(10-17)15(22)19(6-8-20)7-9-21/h2-5,11,18,20-21H,6-9H2,1H3/b13-11-. The van der Waals surface area contributed by atoms with E-state index in [1.807, 2.05) is 0 Å². The molecule has 0 radical (unpaired) electrons. The summed E-state index contributed by atoms with van der Waals surface area (Å²) < 4.78 is 4.59. The molecule has 0 aliphatic rings. The number of rotatable bonds is 8. The average Bonchev–Trinajstić information content (AvgIpc) is 2.61. The predicted molar refractivity (Wildman–Crippen MR) is 85.9 cm³/mol. The number of ether oxygens (including phenoxy) is 1. The van der Waals surface area contributed by atoms with Gasteiger partial charge in [0.05, 0.1) is 25.9 Å². The number of carbonyl (C=O) groups excluding carboxylic acids is 2. The van der Waals surface area contributed by atoms with Gasteiger partial charge in [-0.2, -0.15) is 5.26 Å². The van der Waals surface area contributed by atoms with Crippen molar-refractivity contribution in [3.63, 3.8) is 0 Å². The van der Waals surface area contributed by atoms with Crippen LogP contribution < -0.4 is 5.32 Å². The van der Waals surface area contributed by atoms with Crippen molar-refractivity contribution in [3.05, 3.63) is 41.6 Å². The molecule has 1 aromatic carbocycles. The number of hydrogen-bond acceptors (Lipinski definition) is 7. The second kappa shape index (κ2) is 9.99. The first kappa shape index (κ1) is 19.2. The van der Waals surface area contributed by atoms with Gasteiger partial charge < -0.3 is 25.2 Å². The largest absolute Gasteiger partial charge is 0.465 e. The second-order valence-electron chi connectivity index (χ2n) is 4.62. The zero-order valence-corrected chi connectivity index (χ0v) is 13.2. The smallest absolute Gasteiger partial charge is 0.337 e. The van der Waals surface area contributed by atoms with Crippen LogP contribution in [0.25, 0.3) is 0 Å². The molecule has 8 nitrogen and oxygen atoms in total. The van der Waals surface area contributed by atoms with Gasteiger partial charge in [0.25, 0.3) is 5.91 Å². The number of methoxy groups -OCH3 is 1. The number of nitriles is 1. The van der Waals surface area contributed by atoms with Crippen molar-refractivity contribution in [1.29, 1.82) is 5.26 Å². The van der Waals surface area contributed by atoms with Crippen molar-refractivity contribution in [2.45, 2.75) is 0 Å². The number of nitrogens with zero attached hydrogens (tertiary/aromatic N) is 2.